The zero-order valence-electron chi connectivity index (χ0n) is 17.3. The first-order valence-corrected chi connectivity index (χ1v) is 10.2. The molecule has 0 saturated carbocycles. The van der Waals surface area contributed by atoms with Crippen LogP contribution in [0.4, 0.5) is 0 Å². The molecule has 1 amide bonds. The van der Waals surface area contributed by atoms with E-state index in [9.17, 15) is 4.79 Å². The van der Waals surface area contributed by atoms with Crippen LogP contribution in [0.2, 0.25) is 0 Å². The zero-order valence-corrected chi connectivity index (χ0v) is 17.3. The summed E-state index contributed by atoms with van der Waals surface area (Å²) < 4.78 is 10.8. The third kappa shape index (κ3) is 6.21. The van der Waals surface area contributed by atoms with Crippen LogP contribution in [0.3, 0.4) is 0 Å². The Morgan fingerprint density at radius 3 is 2.55 bits per heavy atom. The Morgan fingerprint density at radius 1 is 1.07 bits per heavy atom. The fraction of sp³-hybridized carbons (Fsp3) is 0.435. The summed E-state index contributed by atoms with van der Waals surface area (Å²) in [6.45, 7) is 4.73. The minimum atomic E-state index is -0.117. The van der Waals surface area contributed by atoms with Crippen LogP contribution in [0.15, 0.2) is 54.6 Å². The Balaban J connectivity index is 1.41. The third-order valence-corrected chi connectivity index (χ3v) is 5.25. The maximum absolute atomic E-state index is 12.1. The number of ether oxygens (including phenoxy) is 2. The number of rotatable bonds is 9. The Kier molecular flexibility index (Phi) is 7.90. The molecule has 1 N–H and O–H groups in total. The van der Waals surface area contributed by atoms with Gasteiger partial charge in [0.2, 0.25) is 0 Å². The molecule has 0 radical (unpaired) electrons. The largest absolute Gasteiger partial charge is 0.493 e. The van der Waals surface area contributed by atoms with Crippen molar-refractivity contribution < 1.29 is 14.3 Å². The number of methoxy groups -OCH3 is 1. The molecule has 1 unspecified atom stereocenters. The number of carbonyl (C=O) groups excluding carboxylic acids is 1. The van der Waals surface area contributed by atoms with Crippen LogP contribution in [0.5, 0.6) is 11.5 Å². The van der Waals surface area contributed by atoms with E-state index in [1.165, 1.54) is 5.56 Å². The number of hydrogen-bond acceptors (Lipinski definition) is 5. The molecule has 2 aromatic rings. The maximum Gasteiger partial charge on any atom is 0.257 e. The summed E-state index contributed by atoms with van der Waals surface area (Å²) >= 11 is 0. The van der Waals surface area contributed by atoms with Crippen LogP contribution in [0.25, 0.3) is 0 Å². The first-order valence-electron chi connectivity index (χ1n) is 10.2. The fourth-order valence-electron chi connectivity index (χ4n) is 3.66. The van der Waals surface area contributed by atoms with Gasteiger partial charge in [0.25, 0.3) is 5.91 Å². The van der Waals surface area contributed by atoms with Gasteiger partial charge < -0.3 is 19.7 Å². The van der Waals surface area contributed by atoms with Crippen molar-refractivity contribution in [3.8, 4) is 11.5 Å². The van der Waals surface area contributed by atoms with Crippen LogP contribution >= 0.6 is 0 Å². The monoisotopic (exact) mass is 397 g/mol. The predicted molar refractivity (Wildman–Crippen MR) is 114 cm³/mol. The summed E-state index contributed by atoms with van der Waals surface area (Å²) in [4.78, 5) is 17.0. The van der Waals surface area contributed by atoms with E-state index in [2.05, 4.69) is 52.5 Å². The van der Waals surface area contributed by atoms with E-state index in [0.717, 1.165) is 32.6 Å². The third-order valence-electron chi connectivity index (χ3n) is 5.25. The maximum atomic E-state index is 12.1. The van der Waals surface area contributed by atoms with Crippen molar-refractivity contribution in [2.45, 2.75) is 12.5 Å². The molecular formula is C23H31N3O3. The molecule has 6 nitrogen and oxygen atoms in total. The van der Waals surface area contributed by atoms with E-state index in [4.69, 9.17) is 9.47 Å². The van der Waals surface area contributed by atoms with Crippen molar-refractivity contribution in [3.05, 3.63) is 60.2 Å². The molecule has 3 rings (SSSR count). The standard InChI is InChI=1S/C23H31N3O3/c1-25-15-16-26(20(17-25)19-9-4-3-5-10-19)14-8-13-24-23(27)18-29-22-12-7-6-11-21(22)28-2/h3-7,9-12,20H,8,13-18H2,1-2H3,(H,24,27). The summed E-state index contributed by atoms with van der Waals surface area (Å²) in [5, 5.41) is 2.95. The summed E-state index contributed by atoms with van der Waals surface area (Å²) in [6.07, 6.45) is 0.910. The number of piperazine rings is 1. The highest BCUT2D eigenvalue weighted by Gasteiger charge is 2.25. The van der Waals surface area contributed by atoms with Crippen LogP contribution in [-0.2, 0) is 4.79 Å². The number of para-hydroxylation sites is 2. The van der Waals surface area contributed by atoms with Crippen molar-refractivity contribution in [1.29, 1.82) is 0 Å². The molecule has 2 aromatic carbocycles. The van der Waals surface area contributed by atoms with Gasteiger partial charge in [-0.3, -0.25) is 9.69 Å². The van der Waals surface area contributed by atoms with E-state index < -0.39 is 0 Å². The van der Waals surface area contributed by atoms with E-state index >= 15 is 0 Å². The van der Waals surface area contributed by atoms with Crippen LogP contribution < -0.4 is 14.8 Å². The molecule has 1 heterocycles. The predicted octanol–water partition coefficient (Wildman–Crippen LogP) is 2.57. The van der Waals surface area contributed by atoms with Gasteiger partial charge in [-0.1, -0.05) is 42.5 Å². The molecule has 1 saturated heterocycles. The lowest BCUT2D eigenvalue weighted by Crippen LogP contribution is -2.47. The molecule has 0 bridgehead atoms. The highest BCUT2D eigenvalue weighted by molar-refractivity contribution is 5.77. The Bertz CT molecular complexity index is 769. The van der Waals surface area contributed by atoms with Gasteiger partial charge in [-0.15, -0.1) is 0 Å². The fourth-order valence-corrected chi connectivity index (χ4v) is 3.66. The van der Waals surface area contributed by atoms with Crippen LogP contribution in [0, 0.1) is 0 Å². The van der Waals surface area contributed by atoms with Crippen molar-refractivity contribution >= 4 is 5.91 Å². The van der Waals surface area contributed by atoms with Crippen LogP contribution in [0.1, 0.15) is 18.0 Å². The van der Waals surface area contributed by atoms with Crippen LogP contribution in [-0.4, -0.2) is 69.2 Å². The van der Waals surface area contributed by atoms with E-state index in [0.29, 0.717) is 24.1 Å². The first kappa shape index (κ1) is 21.1. The first-order chi connectivity index (χ1) is 14.2. The summed E-state index contributed by atoms with van der Waals surface area (Å²) in [5.41, 5.74) is 1.35. The molecule has 0 spiro atoms. The number of nitrogens with one attached hydrogen (secondary N) is 1. The van der Waals surface area contributed by atoms with Crippen molar-refractivity contribution in [1.82, 2.24) is 15.1 Å². The molecular weight excluding hydrogens is 366 g/mol. The SMILES string of the molecule is COc1ccccc1OCC(=O)NCCCN1CCN(C)CC1c1ccccc1. The van der Waals surface area contributed by atoms with Gasteiger partial charge in [-0.05, 0) is 31.2 Å². The molecule has 0 aliphatic carbocycles. The topological polar surface area (TPSA) is 54.0 Å². The lowest BCUT2D eigenvalue weighted by molar-refractivity contribution is -0.123. The second-order valence-corrected chi connectivity index (χ2v) is 7.37. The zero-order chi connectivity index (χ0) is 20.5. The van der Waals surface area contributed by atoms with Crippen molar-refractivity contribution in [2.75, 3.05) is 53.5 Å². The van der Waals surface area contributed by atoms with Gasteiger partial charge in [-0.2, -0.15) is 0 Å². The molecule has 0 aromatic heterocycles. The lowest BCUT2D eigenvalue weighted by Gasteiger charge is -2.40. The Hall–Kier alpha value is -2.57. The number of nitrogens with zero attached hydrogens (tertiary/aromatic N) is 2. The summed E-state index contributed by atoms with van der Waals surface area (Å²) in [7, 11) is 3.76. The summed E-state index contributed by atoms with van der Waals surface area (Å²) in [6, 6.07) is 18.4. The number of amides is 1. The quantitative estimate of drug-likeness (QED) is 0.659. The average Bonchev–Trinajstić information content (AvgIpc) is 2.76. The lowest BCUT2D eigenvalue weighted by atomic mass is 10.0. The van der Waals surface area contributed by atoms with Gasteiger partial charge in [0, 0.05) is 38.8 Å². The van der Waals surface area contributed by atoms with E-state index in [1.807, 2.05) is 18.2 Å². The molecule has 1 aliphatic rings. The second kappa shape index (κ2) is 10.8. The van der Waals surface area contributed by atoms with Gasteiger partial charge in [0.1, 0.15) is 0 Å². The van der Waals surface area contributed by atoms with E-state index in [1.54, 1.807) is 13.2 Å². The number of likely N-dealkylation sites (N-methyl/N-ethyl adjacent to an activating group) is 1. The molecule has 1 aliphatic heterocycles. The van der Waals surface area contributed by atoms with Gasteiger partial charge in [0.15, 0.2) is 18.1 Å². The van der Waals surface area contributed by atoms with Gasteiger partial charge >= 0.3 is 0 Å². The number of carbonyl (C=O) groups is 1. The normalized spacial score (nSPS) is 17.7. The van der Waals surface area contributed by atoms with Gasteiger partial charge in [0.05, 0.1) is 7.11 Å². The highest BCUT2D eigenvalue weighted by atomic mass is 16.5. The molecule has 6 heteroatoms. The minimum Gasteiger partial charge on any atom is -0.493 e. The number of benzene rings is 2. The Labute approximate surface area is 173 Å². The smallest absolute Gasteiger partial charge is 0.257 e. The second-order valence-electron chi connectivity index (χ2n) is 7.37. The van der Waals surface area contributed by atoms with Crippen molar-refractivity contribution in [3.63, 3.8) is 0 Å². The molecule has 156 valence electrons. The summed E-state index contributed by atoms with van der Waals surface area (Å²) in [5.74, 6) is 1.09. The average molecular weight is 398 g/mol. The number of hydrogen-bond donors (Lipinski definition) is 1. The molecule has 1 atom stereocenters. The van der Waals surface area contributed by atoms with Crippen molar-refractivity contribution in [2.24, 2.45) is 0 Å². The minimum absolute atomic E-state index is 0.0124. The highest BCUT2D eigenvalue weighted by Crippen LogP contribution is 2.26. The van der Waals surface area contributed by atoms with E-state index in [-0.39, 0.29) is 12.5 Å². The molecule has 29 heavy (non-hydrogen) atoms. The Morgan fingerprint density at radius 2 is 1.79 bits per heavy atom. The van der Waals surface area contributed by atoms with Gasteiger partial charge in [-0.25, -0.2) is 0 Å². The molecule has 1 fully saturated rings.